The molecule has 1 aromatic rings. The highest BCUT2D eigenvalue weighted by Gasteiger charge is 2.05. The molecule has 0 aliphatic rings. The third-order valence-corrected chi connectivity index (χ3v) is 2.74. The Kier molecular flexibility index (Phi) is 6.66. The van der Waals surface area contributed by atoms with Crippen LogP contribution >= 0.6 is 0 Å². The first-order valence-electron chi connectivity index (χ1n) is 6.23. The van der Waals surface area contributed by atoms with Crippen LogP contribution in [-0.2, 0) is 6.42 Å². The van der Waals surface area contributed by atoms with Crippen LogP contribution in [0.25, 0.3) is 0 Å². The summed E-state index contributed by atoms with van der Waals surface area (Å²) in [5, 5.41) is 3.59. The zero-order valence-electron chi connectivity index (χ0n) is 10.2. The zero-order chi connectivity index (χ0) is 11.6. The Morgan fingerprint density at radius 3 is 3.00 bits per heavy atom. The molecule has 2 nitrogen and oxygen atoms in total. The maximum absolute atomic E-state index is 5.30. The van der Waals surface area contributed by atoms with E-state index in [0.29, 0.717) is 6.04 Å². The monoisotopic (exact) mass is 221 g/mol. The highest BCUT2D eigenvalue weighted by atomic mass is 16.3. The summed E-state index contributed by atoms with van der Waals surface area (Å²) in [6.07, 6.45) is 9.46. The second kappa shape index (κ2) is 8.17. The summed E-state index contributed by atoms with van der Waals surface area (Å²) < 4.78 is 5.30. The Morgan fingerprint density at radius 2 is 2.38 bits per heavy atom. The molecular formula is C14H23NO. The maximum atomic E-state index is 5.30. The Labute approximate surface area is 98.7 Å². The molecule has 1 unspecified atom stereocenters. The van der Waals surface area contributed by atoms with Crippen molar-refractivity contribution < 1.29 is 4.42 Å². The van der Waals surface area contributed by atoms with Gasteiger partial charge in [-0.3, -0.25) is 0 Å². The molecule has 0 radical (unpaired) electrons. The van der Waals surface area contributed by atoms with Crippen LogP contribution in [0.3, 0.4) is 0 Å². The van der Waals surface area contributed by atoms with Gasteiger partial charge in [0.25, 0.3) is 0 Å². The fourth-order valence-electron chi connectivity index (χ4n) is 1.87. The molecule has 0 saturated carbocycles. The second-order valence-corrected chi connectivity index (χ2v) is 4.14. The smallest absolute Gasteiger partial charge is 0.105 e. The van der Waals surface area contributed by atoms with E-state index < -0.39 is 0 Å². The van der Waals surface area contributed by atoms with Crippen molar-refractivity contribution in [2.75, 3.05) is 6.54 Å². The number of nitrogens with one attached hydrogen (secondary N) is 1. The van der Waals surface area contributed by atoms with E-state index in [1.54, 1.807) is 6.26 Å². The second-order valence-electron chi connectivity index (χ2n) is 4.14. The van der Waals surface area contributed by atoms with E-state index in [-0.39, 0.29) is 0 Å². The van der Waals surface area contributed by atoms with Crippen LogP contribution < -0.4 is 5.32 Å². The highest BCUT2D eigenvalue weighted by Crippen LogP contribution is 2.06. The molecule has 1 heterocycles. The molecule has 1 rings (SSSR count). The van der Waals surface area contributed by atoms with Crippen LogP contribution in [0.2, 0.25) is 0 Å². The summed E-state index contributed by atoms with van der Waals surface area (Å²) in [5.74, 6) is 1.06. The van der Waals surface area contributed by atoms with E-state index in [0.717, 1.165) is 25.1 Å². The molecule has 1 N–H and O–H groups in total. The predicted molar refractivity (Wildman–Crippen MR) is 68.5 cm³/mol. The molecule has 0 spiro atoms. The fraction of sp³-hybridized carbons (Fsp3) is 0.571. The lowest BCUT2D eigenvalue weighted by atomic mass is 10.1. The number of hydrogen-bond donors (Lipinski definition) is 1. The van der Waals surface area contributed by atoms with Crippen LogP contribution in [-0.4, -0.2) is 12.6 Å². The van der Waals surface area contributed by atoms with Gasteiger partial charge in [-0.2, -0.15) is 0 Å². The van der Waals surface area contributed by atoms with Crippen molar-refractivity contribution in [2.24, 2.45) is 0 Å². The van der Waals surface area contributed by atoms with Gasteiger partial charge in [0.15, 0.2) is 0 Å². The van der Waals surface area contributed by atoms with Gasteiger partial charge in [0.2, 0.25) is 0 Å². The van der Waals surface area contributed by atoms with Gasteiger partial charge in [0, 0.05) is 19.0 Å². The molecule has 0 aromatic carbocycles. The SMILES string of the molecule is C=CCCC(CCC)NCCc1ccco1. The Hall–Kier alpha value is -1.02. The molecule has 0 amide bonds. The van der Waals surface area contributed by atoms with Crippen LogP contribution in [0, 0.1) is 0 Å². The molecule has 1 aromatic heterocycles. The van der Waals surface area contributed by atoms with Crippen LogP contribution in [0.4, 0.5) is 0 Å². The topological polar surface area (TPSA) is 25.2 Å². The summed E-state index contributed by atoms with van der Waals surface area (Å²) in [5.41, 5.74) is 0. The summed E-state index contributed by atoms with van der Waals surface area (Å²) in [6, 6.07) is 4.59. The van der Waals surface area contributed by atoms with Gasteiger partial charge in [-0.15, -0.1) is 6.58 Å². The van der Waals surface area contributed by atoms with Crippen molar-refractivity contribution in [1.82, 2.24) is 5.32 Å². The van der Waals surface area contributed by atoms with Gasteiger partial charge >= 0.3 is 0 Å². The minimum absolute atomic E-state index is 0.623. The summed E-state index contributed by atoms with van der Waals surface area (Å²) in [7, 11) is 0. The molecule has 0 bridgehead atoms. The van der Waals surface area contributed by atoms with Crippen molar-refractivity contribution in [1.29, 1.82) is 0 Å². The molecule has 0 saturated heterocycles. The van der Waals surface area contributed by atoms with E-state index in [2.05, 4.69) is 18.8 Å². The lowest BCUT2D eigenvalue weighted by Gasteiger charge is -2.16. The molecule has 0 aliphatic carbocycles. The minimum Gasteiger partial charge on any atom is -0.469 e. The third-order valence-electron chi connectivity index (χ3n) is 2.74. The van der Waals surface area contributed by atoms with Gasteiger partial charge in [-0.1, -0.05) is 19.4 Å². The summed E-state index contributed by atoms with van der Waals surface area (Å²) in [4.78, 5) is 0. The van der Waals surface area contributed by atoms with Crippen molar-refractivity contribution in [2.45, 2.75) is 45.1 Å². The number of allylic oxidation sites excluding steroid dienone is 1. The van der Waals surface area contributed by atoms with E-state index in [9.17, 15) is 0 Å². The molecule has 16 heavy (non-hydrogen) atoms. The first-order chi connectivity index (χ1) is 7.86. The van der Waals surface area contributed by atoms with Gasteiger partial charge in [-0.05, 0) is 31.4 Å². The number of rotatable bonds is 9. The van der Waals surface area contributed by atoms with Crippen LogP contribution in [0.1, 0.15) is 38.4 Å². The standard InChI is InChI=1S/C14H23NO/c1-3-5-8-13(7-4-2)15-11-10-14-9-6-12-16-14/h3,6,9,12-13,15H,1,4-5,7-8,10-11H2,2H3. The number of furan rings is 1. The Balaban J connectivity index is 2.18. The van der Waals surface area contributed by atoms with E-state index in [1.165, 1.54) is 19.3 Å². The largest absolute Gasteiger partial charge is 0.469 e. The van der Waals surface area contributed by atoms with Crippen molar-refractivity contribution in [3.8, 4) is 0 Å². The molecule has 2 heteroatoms. The quantitative estimate of drug-likeness (QED) is 0.645. The van der Waals surface area contributed by atoms with Gasteiger partial charge in [0.05, 0.1) is 6.26 Å². The van der Waals surface area contributed by atoms with Gasteiger partial charge in [-0.25, -0.2) is 0 Å². The lowest BCUT2D eigenvalue weighted by molar-refractivity contribution is 0.436. The summed E-state index contributed by atoms with van der Waals surface area (Å²) in [6.45, 7) is 7.00. The molecule has 0 aliphatic heterocycles. The zero-order valence-corrected chi connectivity index (χ0v) is 10.2. The predicted octanol–water partition coefficient (Wildman–Crippen LogP) is 3.55. The van der Waals surface area contributed by atoms with Crippen molar-refractivity contribution in [3.63, 3.8) is 0 Å². The normalized spacial score (nSPS) is 12.6. The molecule has 0 fully saturated rings. The Bertz CT molecular complexity index is 266. The number of hydrogen-bond acceptors (Lipinski definition) is 2. The van der Waals surface area contributed by atoms with Gasteiger partial charge < -0.3 is 9.73 Å². The van der Waals surface area contributed by atoms with Crippen LogP contribution in [0.15, 0.2) is 35.5 Å². The van der Waals surface area contributed by atoms with Crippen molar-refractivity contribution in [3.05, 3.63) is 36.8 Å². The first-order valence-corrected chi connectivity index (χ1v) is 6.23. The van der Waals surface area contributed by atoms with E-state index in [1.807, 2.05) is 18.2 Å². The Morgan fingerprint density at radius 1 is 1.50 bits per heavy atom. The molecule has 1 atom stereocenters. The van der Waals surface area contributed by atoms with Crippen molar-refractivity contribution >= 4 is 0 Å². The average molecular weight is 221 g/mol. The lowest BCUT2D eigenvalue weighted by Crippen LogP contribution is -2.30. The van der Waals surface area contributed by atoms with Gasteiger partial charge in [0.1, 0.15) is 5.76 Å². The maximum Gasteiger partial charge on any atom is 0.105 e. The minimum atomic E-state index is 0.623. The third kappa shape index (κ3) is 5.17. The summed E-state index contributed by atoms with van der Waals surface area (Å²) >= 11 is 0. The van der Waals surface area contributed by atoms with E-state index in [4.69, 9.17) is 4.42 Å². The van der Waals surface area contributed by atoms with Crippen LogP contribution in [0.5, 0.6) is 0 Å². The molecular weight excluding hydrogens is 198 g/mol. The first kappa shape index (κ1) is 13.0. The van der Waals surface area contributed by atoms with E-state index >= 15 is 0 Å². The highest BCUT2D eigenvalue weighted by molar-refractivity contribution is 4.98. The average Bonchev–Trinajstić information content (AvgIpc) is 2.79. The molecule has 90 valence electrons. The fourth-order valence-corrected chi connectivity index (χ4v) is 1.87.